The Morgan fingerprint density at radius 3 is 2.80 bits per heavy atom. The molecule has 4 N–H and O–H groups in total. The van der Waals surface area contributed by atoms with E-state index in [0.717, 1.165) is 18.4 Å². The summed E-state index contributed by atoms with van der Waals surface area (Å²) in [6.07, 6.45) is 2.96. The molecule has 0 amide bonds. The minimum absolute atomic E-state index is 0.0442. The lowest BCUT2D eigenvalue weighted by atomic mass is 9.93. The molecule has 0 bridgehead atoms. The van der Waals surface area contributed by atoms with E-state index >= 15 is 0 Å². The molecule has 110 valence electrons. The van der Waals surface area contributed by atoms with Crippen LogP contribution in [0.4, 0.5) is 0 Å². The number of ether oxygens (including phenoxy) is 1. The Hall–Kier alpha value is -1.82. The van der Waals surface area contributed by atoms with Crippen LogP contribution in [-0.4, -0.2) is 29.5 Å². The Morgan fingerprint density at radius 2 is 2.20 bits per heavy atom. The normalized spacial score (nSPS) is 18.1. The van der Waals surface area contributed by atoms with Crippen molar-refractivity contribution in [1.82, 2.24) is 0 Å². The summed E-state index contributed by atoms with van der Waals surface area (Å²) in [5.74, 6) is 5.64. The van der Waals surface area contributed by atoms with E-state index in [-0.39, 0.29) is 30.4 Å². The number of aliphatic hydroxyl groups is 1. The molecule has 20 heavy (non-hydrogen) atoms. The number of benzene rings is 1. The van der Waals surface area contributed by atoms with Crippen LogP contribution in [0.3, 0.4) is 0 Å². The van der Waals surface area contributed by atoms with E-state index in [0.29, 0.717) is 12.2 Å². The lowest BCUT2D eigenvalue weighted by Gasteiger charge is -2.18. The third kappa shape index (κ3) is 3.39. The number of aliphatic hydroxyl groups excluding tert-OH is 1. The zero-order valence-electron chi connectivity index (χ0n) is 11.6. The summed E-state index contributed by atoms with van der Waals surface area (Å²) >= 11 is 0. The summed E-state index contributed by atoms with van der Waals surface area (Å²) < 4.78 is 5.29. The van der Waals surface area contributed by atoms with Gasteiger partial charge in [-0.2, -0.15) is 5.11 Å². The van der Waals surface area contributed by atoms with Gasteiger partial charge in [0.15, 0.2) is 11.5 Å². The molecular formula is C14H21N3O3. The van der Waals surface area contributed by atoms with Gasteiger partial charge in [-0.15, -0.1) is 0 Å². The number of aromatic hydroxyl groups is 1. The number of nitrogens with two attached hydrogens (primary N) is 1. The monoisotopic (exact) mass is 279 g/mol. The van der Waals surface area contributed by atoms with Crippen molar-refractivity contribution < 1.29 is 14.9 Å². The van der Waals surface area contributed by atoms with Crippen molar-refractivity contribution in [2.24, 2.45) is 21.6 Å². The number of rotatable bonds is 7. The fraction of sp³-hybridized carbons (Fsp3) is 0.571. The summed E-state index contributed by atoms with van der Waals surface area (Å²) in [7, 11) is 0. The number of phenolic OH excluding ortho intramolecular Hbond substituents is 1. The number of hydrogen-bond acceptors (Lipinski definition) is 5. The zero-order chi connectivity index (χ0) is 14.6. The van der Waals surface area contributed by atoms with Crippen LogP contribution in [0.15, 0.2) is 28.5 Å². The molecule has 6 nitrogen and oxygen atoms in total. The van der Waals surface area contributed by atoms with Crippen LogP contribution in [0.5, 0.6) is 11.5 Å². The SMILES string of the molecule is CC1(C(Cc2ccc(O)c(OCCO)c2)N=NN)CC1. The molecule has 0 radical (unpaired) electrons. The Balaban J connectivity index is 2.11. The average Bonchev–Trinajstić information content (AvgIpc) is 3.18. The zero-order valence-corrected chi connectivity index (χ0v) is 11.6. The molecule has 6 heteroatoms. The van der Waals surface area contributed by atoms with Gasteiger partial charge >= 0.3 is 0 Å². The third-order valence-corrected chi connectivity index (χ3v) is 3.85. The first kappa shape index (κ1) is 14.6. The van der Waals surface area contributed by atoms with Crippen LogP contribution in [-0.2, 0) is 6.42 Å². The first-order valence-corrected chi connectivity index (χ1v) is 6.74. The molecule has 1 aliphatic rings. The molecular weight excluding hydrogens is 258 g/mol. The van der Waals surface area contributed by atoms with Gasteiger partial charge in [0.25, 0.3) is 0 Å². The molecule has 1 atom stereocenters. The van der Waals surface area contributed by atoms with Crippen molar-refractivity contribution in [3.8, 4) is 11.5 Å². The van der Waals surface area contributed by atoms with Gasteiger partial charge in [0, 0.05) is 0 Å². The summed E-state index contributed by atoms with van der Waals surface area (Å²) in [6, 6.07) is 5.25. The second-order valence-electron chi connectivity index (χ2n) is 5.48. The van der Waals surface area contributed by atoms with Gasteiger partial charge in [-0.05, 0) is 42.4 Å². The van der Waals surface area contributed by atoms with Crippen molar-refractivity contribution in [2.45, 2.75) is 32.2 Å². The van der Waals surface area contributed by atoms with Gasteiger partial charge in [-0.1, -0.05) is 18.2 Å². The molecule has 0 aliphatic heterocycles. The van der Waals surface area contributed by atoms with Crippen LogP contribution in [0, 0.1) is 5.41 Å². The topological polar surface area (TPSA) is 100 Å². The summed E-state index contributed by atoms with van der Waals surface area (Å²) in [6.45, 7) is 2.24. The van der Waals surface area contributed by atoms with E-state index in [9.17, 15) is 5.11 Å². The van der Waals surface area contributed by atoms with Gasteiger partial charge in [0.05, 0.1) is 12.6 Å². The highest BCUT2D eigenvalue weighted by molar-refractivity contribution is 5.42. The second-order valence-corrected chi connectivity index (χ2v) is 5.48. The molecule has 0 saturated heterocycles. The molecule has 1 aromatic rings. The standard InChI is InChI=1S/C14H21N3O3/c1-14(4-5-14)13(16-17-15)9-10-2-3-11(19)12(8-10)20-7-6-18/h2-3,8,13,18-19H,4-7,9H2,1H3,(H2,15,16). The maximum Gasteiger partial charge on any atom is 0.161 e. The fourth-order valence-electron chi connectivity index (χ4n) is 2.22. The summed E-state index contributed by atoms with van der Waals surface area (Å²) in [5.41, 5.74) is 1.17. The van der Waals surface area contributed by atoms with Gasteiger partial charge < -0.3 is 20.8 Å². The Bertz CT molecular complexity index is 487. The van der Waals surface area contributed by atoms with Crippen LogP contribution >= 0.6 is 0 Å². The second kappa shape index (κ2) is 6.09. The number of nitrogens with zero attached hydrogens (tertiary/aromatic N) is 2. The first-order valence-electron chi connectivity index (χ1n) is 6.74. The van der Waals surface area contributed by atoms with E-state index in [1.54, 1.807) is 12.1 Å². The highest BCUT2D eigenvalue weighted by Crippen LogP contribution is 2.50. The van der Waals surface area contributed by atoms with Crippen LogP contribution in [0.1, 0.15) is 25.3 Å². The van der Waals surface area contributed by atoms with E-state index in [1.807, 2.05) is 6.07 Å². The Morgan fingerprint density at radius 1 is 1.45 bits per heavy atom. The largest absolute Gasteiger partial charge is 0.504 e. The van der Waals surface area contributed by atoms with Gasteiger partial charge in [0.1, 0.15) is 6.61 Å². The molecule has 1 aromatic carbocycles. The summed E-state index contributed by atoms with van der Waals surface area (Å²) in [5, 5.41) is 26.0. The summed E-state index contributed by atoms with van der Waals surface area (Å²) in [4.78, 5) is 0. The molecule has 0 heterocycles. The highest BCUT2D eigenvalue weighted by Gasteiger charge is 2.45. The van der Waals surface area contributed by atoms with E-state index < -0.39 is 0 Å². The number of hydrogen-bond donors (Lipinski definition) is 3. The maximum atomic E-state index is 9.70. The van der Waals surface area contributed by atoms with Gasteiger partial charge in [-0.3, -0.25) is 0 Å². The predicted molar refractivity (Wildman–Crippen MR) is 74.6 cm³/mol. The average molecular weight is 279 g/mol. The van der Waals surface area contributed by atoms with E-state index in [4.69, 9.17) is 15.7 Å². The van der Waals surface area contributed by atoms with Crippen molar-refractivity contribution in [3.05, 3.63) is 23.8 Å². The van der Waals surface area contributed by atoms with Gasteiger partial charge in [0.2, 0.25) is 0 Å². The predicted octanol–water partition coefficient (Wildman–Crippen LogP) is 1.80. The van der Waals surface area contributed by atoms with Crippen LogP contribution < -0.4 is 10.6 Å². The Kier molecular flexibility index (Phi) is 4.44. The third-order valence-electron chi connectivity index (χ3n) is 3.85. The molecule has 0 aromatic heterocycles. The smallest absolute Gasteiger partial charge is 0.161 e. The maximum absolute atomic E-state index is 9.70. The quantitative estimate of drug-likeness (QED) is 0.402. The molecule has 1 unspecified atom stereocenters. The van der Waals surface area contributed by atoms with E-state index in [2.05, 4.69) is 17.3 Å². The molecule has 0 spiro atoms. The van der Waals surface area contributed by atoms with Crippen LogP contribution in [0.25, 0.3) is 0 Å². The molecule has 1 aliphatic carbocycles. The highest BCUT2D eigenvalue weighted by atomic mass is 16.5. The fourth-order valence-corrected chi connectivity index (χ4v) is 2.22. The number of phenols is 1. The van der Waals surface area contributed by atoms with Crippen molar-refractivity contribution >= 4 is 0 Å². The molecule has 2 rings (SSSR count). The lowest BCUT2D eigenvalue weighted by molar-refractivity contribution is 0.197. The first-order chi connectivity index (χ1) is 9.59. The van der Waals surface area contributed by atoms with E-state index in [1.165, 1.54) is 0 Å². The van der Waals surface area contributed by atoms with Crippen molar-refractivity contribution in [3.63, 3.8) is 0 Å². The lowest BCUT2D eigenvalue weighted by Crippen LogP contribution is -2.20. The van der Waals surface area contributed by atoms with Crippen molar-refractivity contribution in [1.29, 1.82) is 0 Å². The minimum atomic E-state index is -0.0915. The molecule has 1 saturated carbocycles. The van der Waals surface area contributed by atoms with Crippen LogP contribution in [0.2, 0.25) is 0 Å². The van der Waals surface area contributed by atoms with Crippen molar-refractivity contribution in [2.75, 3.05) is 13.2 Å². The van der Waals surface area contributed by atoms with Gasteiger partial charge in [-0.25, -0.2) is 0 Å². The minimum Gasteiger partial charge on any atom is -0.504 e. The Labute approximate surface area is 118 Å². The molecule has 1 fully saturated rings.